The van der Waals surface area contributed by atoms with Crippen molar-refractivity contribution in [2.75, 3.05) is 6.61 Å². The number of hydrogen-bond acceptors (Lipinski definition) is 3. The topological polar surface area (TPSA) is 39.9 Å². The Hall–Kier alpha value is -0.733. The van der Waals surface area contributed by atoms with Crippen LogP contribution in [-0.2, 0) is 11.5 Å². The number of nitrogens with zero attached hydrogens (tertiary/aromatic N) is 3. The predicted molar refractivity (Wildman–Crippen MR) is 92.3 cm³/mol. The highest BCUT2D eigenvalue weighted by atomic mass is 127. The van der Waals surface area contributed by atoms with Crippen LogP contribution in [0.15, 0.2) is 30.7 Å². The van der Waals surface area contributed by atoms with Gasteiger partial charge in [0.15, 0.2) is 0 Å². The third kappa shape index (κ3) is 4.67. The molecular weight excluding hydrogens is 381 g/mol. The van der Waals surface area contributed by atoms with Crippen molar-refractivity contribution >= 4 is 30.7 Å². The van der Waals surface area contributed by atoms with Crippen LogP contribution in [0.25, 0.3) is 11.3 Å². The van der Waals surface area contributed by atoms with Crippen molar-refractivity contribution in [2.24, 2.45) is 0 Å². The van der Waals surface area contributed by atoms with Crippen LogP contribution < -0.4 is 0 Å². The van der Waals surface area contributed by atoms with E-state index in [0.29, 0.717) is 6.73 Å². The average molecular weight is 401 g/mol. The molecule has 0 aromatic carbocycles. The van der Waals surface area contributed by atoms with Gasteiger partial charge >= 0.3 is 0 Å². The SMILES string of the molecule is C[Si](C)(C)CCOCn1cc(I)c(-c2cccnc2)n1. The summed E-state index contributed by atoms with van der Waals surface area (Å²) in [6, 6.07) is 5.13. The van der Waals surface area contributed by atoms with E-state index in [1.165, 1.54) is 6.04 Å². The Balaban J connectivity index is 1.95. The smallest absolute Gasteiger partial charge is 0.139 e. The van der Waals surface area contributed by atoms with Crippen molar-refractivity contribution in [3.05, 3.63) is 34.3 Å². The third-order valence-corrected chi connectivity index (χ3v) is 5.37. The summed E-state index contributed by atoms with van der Waals surface area (Å²) in [5.74, 6) is 0. The highest BCUT2D eigenvalue weighted by Crippen LogP contribution is 2.22. The molecule has 0 N–H and O–H groups in total. The number of hydrogen-bond donors (Lipinski definition) is 0. The van der Waals surface area contributed by atoms with Gasteiger partial charge in [0.2, 0.25) is 0 Å². The van der Waals surface area contributed by atoms with Gasteiger partial charge in [0, 0.05) is 38.8 Å². The summed E-state index contributed by atoms with van der Waals surface area (Å²) < 4.78 is 8.69. The van der Waals surface area contributed by atoms with Gasteiger partial charge in [-0.15, -0.1) is 0 Å². The molecule has 0 saturated heterocycles. The van der Waals surface area contributed by atoms with E-state index in [1.807, 2.05) is 29.2 Å². The van der Waals surface area contributed by atoms with Crippen LogP contribution >= 0.6 is 22.6 Å². The molecule has 2 aromatic heterocycles. The summed E-state index contributed by atoms with van der Waals surface area (Å²) in [5.41, 5.74) is 2.00. The van der Waals surface area contributed by atoms with Gasteiger partial charge in [0.25, 0.3) is 0 Å². The van der Waals surface area contributed by atoms with Gasteiger partial charge in [-0.1, -0.05) is 19.6 Å². The van der Waals surface area contributed by atoms with Crippen LogP contribution in [0.5, 0.6) is 0 Å². The zero-order chi connectivity index (χ0) is 14.6. The molecule has 2 heterocycles. The number of rotatable bonds is 6. The summed E-state index contributed by atoms with van der Waals surface area (Å²) >= 11 is 2.30. The van der Waals surface area contributed by atoms with E-state index in [1.54, 1.807) is 6.20 Å². The van der Waals surface area contributed by atoms with Gasteiger partial charge in [-0.05, 0) is 40.8 Å². The van der Waals surface area contributed by atoms with Gasteiger partial charge in [0.05, 0.1) is 3.57 Å². The minimum atomic E-state index is -1.02. The van der Waals surface area contributed by atoms with Crippen molar-refractivity contribution in [1.29, 1.82) is 0 Å². The lowest BCUT2D eigenvalue weighted by atomic mass is 10.2. The van der Waals surface area contributed by atoms with Gasteiger partial charge in [-0.3, -0.25) is 4.98 Å². The number of halogens is 1. The lowest BCUT2D eigenvalue weighted by molar-refractivity contribution is 0.0787. The molecule has 4 nitrogen and oxygen atoms in total. The lowest BCUT2D eigenvalue weighted by Gasteiger charge is -2.15. The van der Waals surface area contributed by atoms with Crippen LogP contribution in [0.4, 0.5) is 0 Å². The van der Waals surface area contributed by atoms with Gasteiger partial charge < -0.3 is 4.74 Å². The molecule has 20 heavy (non-hydrogen) atoms. The van der Waals surface area contributed by atoms with E-state index >= 15 is 0 Å². The zero-order valence-electron chi connectivity index (χ0n) is 12.1. The highest BCUT2D eigenvalue weighted by Gasteiger charge is 2.13. The third-order valence-electron chi connectivity index (χ3n) is 2.87. The van der Waals surface area contributed by atoms with Crippen LogP contribution in [0.1, 0.15) is 0 Å². The maximum absolute atomic E-state index is 5.72. The van der Waals surface area contributed by atoms with Gasteiger partial charge in [-0.2, -0.15) is 5.10 Å². The standard InChI is InChI=1S/C14H20IN3OSi/c1-20(2,3)8-7-19-11-18-10-13(15)14(17-18)12-5-4-6-16-9-12/h4-6,9-10H,7-8,11H2,1-3H3. The second-order valence-corrected chi connectivity index (χ2v) is 12.7. The summed E-state index contributed by atoms with van der Waals surface area (Å²) in [4.78, 5) is 4.13. The van der Waals surface area contributed by atoms with Crippen molar-refractivity contribution < 1.29 is 4.74 Å². The minimum Gasteiger partial charge on any atom is -0.360 e. The largest absolute Gasteiger partial charge is 0.360 e. The Morgan fingerprint density at radius 1 is 1.35 bits per heavy atom. The molecule has 0 unspecified atom stereocenters. The van der Waals surface area contributed by atoms with Crippen LogP contribution in [0, 0.1) is 3.57 Å². The van der Waals surface area contributed by atoms with Crippen molar-refractivity contribution in [3.8, 4) is 11.3 Å². The van der Waals surface area contributed by atoms with E-state index in [9.17, 15) is 0 Å². The van der Waals surface area contributed by atoms with Crippen LogP contribution in [0.3, 0.4) is 0 Å². The monoisotopic (exact) mass is 401 g/mol. The molecule has 0 atom stereocenters. The fourth-order valence-corrected chi connectivity index (χ4v) is 3.20. The quantitative estimate of drug-likeness (QED) is 0.419. The molecule has 0 aliphatic rings. The fraction of sp³-hybridized carbons (Fsp3) is 0.429. The highest BCUT2D eigenvalue weighted by molar-refractivity contribution is 14.1. The summed E-state index contributed by atoms with van der Waals surface area (Å²) in [6.07, 6.45) is 5.62. The molecular formula is C14H20IN3OSi. The first kappa shape index (κ1) is 15.7. The average Bonchev–Trinajstić information content (AvgIpc) is 2.76. The van der Waals surface area contributed by atoms with Crippen molar-refractivity contribution in [2.45, 2.75) is 32.4 Å². The fourth-order valence-electron chi connectivity index (χ4n) is 1.70. The lowest BCUT2D eigenvalue weighted by Crippen LogP contribution is -2.22. The maximum atomic E-state index is 5.72. The van der Waals surface area contributed by atoms with Crippen molar-refractivity contribution in [3.63, 3.8) is 0 Å². The Morgan fingerprint density at radius 3 is 2.80 bits per heavy atom. The van der Waals surface area contributed by atoms with E-state index in [-0.39, 0.29) is 0 Å². The molecule has 0 radical (unpaired) electrons. The van der Waals surface area contributed by atoms with E-state index in [4.69, 9.17) is 4.74 Å². The van der Waals surface area contributed by atoms with Gasteiger partial charge in [0.1, 0.15) is 12.4 Å². The number of ether oxygens (including phenoxy) is 1. The first-order chi connectivity index (χ1) is 9.46. The molecule has 0 aliphatic carbocycles. The molecule has 0 amide bonds. The second-order valence-electron chi connectivity index (χ2n) is 5.95. The number of pyridine rings is 1. The molecule has 0 fully saturated rings. The Labute approximate surface area is 134 Å². The summed E-state index contributed by atoms with van der Waals surface area (Å²) in [7, 11) is -1.02. The molecule has 0 spiro atoms. The Kier molecular flexibility index (Phi) is 5.33. The first-order valence-electron chi connectivity index (χ1n) is 6.67. The maximum Gasteiger partial charge on any atom is 0.139 e. The predicted octanol–water partition coefficient (Wildman–Crippen LogP) is 3.86. The molecule has 2 rings (SSSR count). The normalized spacial score (nSPS) is 11.8. The molecule has 0 bridgehead atoms. The molecule has 6 heteroatoms. The molecule has 0 saturated carbocycles. The van der Waals surface area contributed by atoms with Crippen LogP contribution in [-0.4, -0.2) is 29.4 Å². The van der Waals surface area contributed by atoms with E-state index in [2.05, 4.69) is 52.3 Å². The zero-order valence-corrected chi connectivity index (χ0v) is 15.3. The molecule has 0 aliphatic heterocycles. The second kappa shape index (κ2) is 6.82. The number of aromatic nitrogens is 3. The van der Waals surface area contributed by atoms with E-state index < -0.39 is 8.07 Å². The van der Waals surface area contributed by atoms with Gasteiger partial charge in [-0.25, -0.2) is 4.68 Å². The molecule has 108 valence electrons. The first-order valence-corrected chi connectivity index (χ1v) is 11.5. The van der Waals surface area contributed by atoms with Crippen molar-refractivity contribution in [1.82, 2.24) is 14.8 Å². The Bertz CT molecular complexity index is 551. The Morgan fingerprint density at radius 2 is 2.15 bits per heavy atom. The summed E-state index contributed by atoms with van der Waals surface area (Å²) in [6.45, 7) is 8.39. The van der Waals surface area contributed by atoms with Crippen LogP contribution in [0.2, 0.25) is 25.7 Å². The van der Waals surface area contributed by atoms with E-state index in [0.717, 1.165) is 21.4 Å². The summed E-state index contributed by atoms with van der Waals surface area (Å²) in [5, 5.41) is 4.57. The molecule has 2 aromatic rings. The minimum absolute atomic E-state index is 0.515.